The van der Waals surface area contributed by atoms with Crippen molar-refractivity contribution in [2.45, 2.75) is 45.4 Å². The van der Waals surface area contributed by atoms with Gasteiger partial charge in [0.25, 0.3) is 5.91 Å². The summed E-state index contributed by atoms with van der Waals surface area (Å²) in [6.07, 6.45) is 6.71. The lowest BCUT2D eigenvalue weighted by atomic mass is 9.71. The fourth-order valence-corrected chi connectivity index (χ4v) is 3.10. The van der Waals surface area contributed by atoms with Crippen LogP contribution in [0.25, 0.3) is 0 Å². The van der Waals surface area contributed by atoms with E-state index in [-0.39, 0.29) is 17.7 Å². The summed E-state index contributed by atoms with van der Waals surface area (Å²) >= 11 is 0. The molecule has 21 heavy (non-hydrogen) atoms. The summed E-state index contributed by atoms with van der Waals surface area (Å²) in [6, 6.07) is 3.41. The Balaban J connectivity index is 2.01. The highest BCUT2D eigenvalue weighted by molar-refractivity contribution is 5.94. The van der Waals surface area contributed by atoms with Gasteiger partial charge in [0.15, 0.2) is 0 Å². The molecule has 0 bridgehead atoms. The number of nitrogens with one attached hydrogen (secondary N) is 1. The van der Waals surface area contributed by atoms with E-state index in [2.05, 4.69) is 10.3 Å². The molecule has 5 heteroatoms. The molecular formula is C16H22N2O3. The average molecular weight is 290 g/mol. The highest BCUT2D eigenvalue weighted by Crippen LogP contribution is 2.38. The average Bonchev–Trinajstić information content (AvgIpc) is 2.45. The molecule has 0 aromatic carbocycles. The van der Waals surface area contributed by atoms with Crippen molar-refractivity contribution in [1.82, 2.24) is 10.3 Å². The largest absolute Gasteiger partial charge is 0.481 e. The van der Waals surface area contributed by atoms with Gasteiger partial charge in [-0.2, -0.15) is 0 Å². The number of rotatable bonds is 5. The predicted molar refractivity (Wildman–Crippen MR) is 79.1 cm³/mol. The van der Waals surface area contributed by atoms with Gasteiger partial charge < -0.3 is 10.4 Å². The van der Waals surface area contributed by atoms with E-state index in [0.717, 1.165) is 37.8 Å². The summed E-state index contributed by atoms with van der Waals surface area (Å²) in [4.78, 5) is 27.4. The Bertz CT molecular complexity index is 522. The predicted octanol–water partition coefficient (Wildman–Crippen LogP) is 2.55. The number of amides is 1. The summed E-state index contributed by atoms with van der Waals surface area (Å²) in [5.41, 5.74) is 1.08. The molecule has 1 aliphatic carbocycles. The van der Waals surface area contributed by atoms with Crippen molar-refractivity contribution in [3.63, 3.8) is 0 Å². The quantitative estimate of drug-likeness (QED) is 0.873. The minimum absolute atomic E-state index is 0.128. The molecule has 114 valence electrons. The van der Waals surface area contributed by atoms with E-state index in [0.29, 0.717) is 12.1 Å². The molecule has 0 saturated heterocycles. The third-order valence-electron chi connectivity index (χ3n) is 4.22. The minimum Gasteiger partial charge on any atom is -0.481 e. The molecule has 2 N–H and O–H groups in total. The van der Waals surface area contributed by atoms with E-state index >= 15 is 0 Å². The van der Waals surface area contributed by atoms with Crippen LogP contribution in [0.1, 0.15) is 54.6 Å². The van der Waals surface area contributed by atoms with Gasteiger partial charge in [0, 0.05) is 24.0 Å². The lowest BCUT2D eigenvalue weighted by Crippen LogP contribution is -2.40. The SMILES string of the molecule is Cc1cc(C(=O)NCC2(CC(=O)O)CCCCC2)ccn1. The summed E-state index contributed by atoms with van der Waals surface area (Å²) in [5.74, 6) is -0.943. The molecule has 0 atom stereocenters. The summed E-state index contributed by atoms with van der Waals surface area (Å²) in [5, 5.41) is 12.0. The Morgan fingerprint density at radius 2 is 2.05 bits per heavy atom. The highest BCUT2D eigenvalue weighted by atomic mass is 16.4. The van der Waals surface area contributed by atoms with E-state index in [1.807, 2.05) is 6.92 Å². The Labute approximate surface area is 124 Å². The normalized spacial score (nSPS) is 17.2. The van der Waals surface area contributed by atoms with Gasteiger partial charge >= 0.3 is 5.97 Å². The number of aryl methyl sites for hydroxylation is 1. The first-order valence-corrected chi connectivity index (χ1v) is 7.43. The lowest BCUT2D eigenvalue weighted by molar-refractivity contribution is -0.140. The van der Waals surface area contributed by atoms with Crippen LogP contribution in [-0.2, 0) is 4.79 Å². The molecule has 1 aromatic heterocycles. The van der Waals surface area contributed by atoms with Crippen LogP contribution in [0.4, 0.5) is 0 Å². The molecule has 1 fully saturated rings. The molecule has 0 aliphatic heterocycles. The van der Waals surface area contributed by atoms with Crippen molar-refractivity contribution < 1.29 is 14.7 Å². The monoisotopic (exact) mass is 290 g/mol. The number of carboxylic acid groups (broad SMARTS) is 1. The van der Waals surface area contributed by atoms with Crippen LogP contribution >= 0.6 is 0 Å². The van der Waals surface area contributed by atoms with Crippen molar-refractivity contribution in [1.29, 1.82) is 0 Å². The molecule has 0 unspecified atom stereocenters. The Hall–Kier alpha value is -1.91. The fourth-order valence-electron chi connectivity index (χ4n) is 3.10. The molecule has 2 rings (SSSR count). The van der Waals surface area contributed by atoms with Crippen molar-refractivity contribution >= 4 is 11.9 Å². The zero-order valence-electron chi connectivity index (χ0n) is 12.4. The molecule has 1 saturated carbocycles. The Morgan fingerprint density at radius 3 is 2.67 bits per heavy atom. The number of pyridine rings is 1. The van der Waals surface area contributed by atoms with Crippen LogP contribution in [0, 0.1) is 12.3 Å². The Morgan fingerprint density at radius 1 is 1.33 bits per heavy atom. The van der Waals surface area contributed by atoms with Crippen molar-refractivity contribution in [3.05, 3.63) is 29.6 Å². The number of carboxylic acids is 1. The van der Waals surface area contributed by atoms with Crippen LogP contribution in [0.3, 0.4) is 0 Å². The van der Waals surface area contributed by atoms with Crippen LogP contribution in [0.15, 0.2) is 18.3 Å². The van der Waals surface area contributed by atoms with Crippen LogP contribution < -0.4 is 5.32 Å². The van der Waals surface area contributed by atoms with Crippen molar-refractivity contribution in [3.8, 4) is 0 Å². The van der Waals surface area contributed by atoms with Crippen LogP contribution in [0.2, 0.25) is 0 Å². The zero-order chi connectivity index (χ0) is 15.3. The summed E-state index contributed by atoms with van der Waals surface area (Å²) in [7, 11) is 0. The van der Waals surface area contributed by atoms with Crippen LogP contribution in [-0.4, -0.2) is 28.5 Å². The summed E-state index contributed by atoms with van der Waals surface area (Å²) in [6.45, 7) is 2.27. The van der Waals surface area contributed by atoms with E-state index < -0.39 is 5.97 Å². The lowest BCUT2D eigenvalue weighted by Gasteiger charge is -2.36. The van der Waals surface area contributed by atoms with Gasteiger partial charge in [-0.05, 0) is 37.3 Å². The fraction of sp³-hybridized carbons (Fsp3) is 0.562. The smallest absolute Gasteiger partial charge is 0.303 e. The maximum absolute atomic E-state index is 12.2. The van der Waals surface area contributed by atoms with Gasteiger partial charge in [-0.1, -0.05) is 19.3 Å². The second-order valence-electron chi connectivity index (χ2n) is 6.00. The molecule has 1 heterocycles. The maximum atomic E-state index is 12.2. The molecule has 1 amide bonds. The number of nitrogens with zero attached hydrogens (tertiary/aromatic N) is 1. The van der Waals surface area contributed by atoms with Gasteiger partial charge in [-0.3, -0.25) is 14.6 Å². The maximum Gasteiger partial charge on any atom is 0.303 e. The third-order valence-corrected chi connectivity index (χ3v) is 4.22. The molecular weight excluding hydrogens is 268 g/mol. The molecule has 5 nitrogen and oxygen atoms in total. The Kier molecular flexibility index (Phi) is 4.94. The first kappa shape index (κ1) is 15.5. The van der Waals surface area contributed by atoms with Crippen molar-refractivity contribution in [2.24, 2.45) is 5.41 Å². The highest BCUT2D eigenvalue weighted by Gasteiger charge is 2.34. The number of carbonyl (C=O) groups is 2. The van der Waals surface area contributed by atoms with Crippen LogP contribution in [0.5, 0.6) is 0 Å². The number of carbonyl (C=O) groups excluding carboxylic acids is 1. The number of aliphatic carboxylic acids is 1. The standard InChI is InChI=1S/C16H22N2O3/c1-12-9-13(5-8-17-12)15(21)18-11-16(10-14(19)20)6-3-2-4-7-16/h5,8-9H,2-4,6-7,10-11H2,1H3,(H,18,21)(H,19,20). The third kappa shape index (κ3) is 4.28. The minimum atomic E-state index is -0.786. The van der Waals surface area contributed by atoms with Gasteiger partial charge in [0.05, 0.1) is 6.42 Å². The van der Waals surface area contributed by atoms with E-state index in [9.17, 15) is 9.59 Å². The summed E-state index contributed by atoms with van der Waals surface area (Å²) < 4.78 is 0. The second kappa shape index (κ2) is 6.70. The number of hydrogen-bond donors (Lipinski definition) is 2. The van der Waals surface area contributed by atoms with Gasteiger partial charge in [0.1, 0.15) is 0 Å². The van der Waals surface area contributed by atoms with E-state index in [1.165, 1.54) is 0 Å². The number of hydrogen-bond acceptors (Lipinski definition) is 3. The first-order valence-electron chi connectivity index (χ1n) is 7.43. The topological polar surface area (TPSA) is 79.3 Å². The molecule has 1 aliphatic rings. The number of aromatic nitrogens is 1. The van der Waals surface area contributed by atoms with E-state index in [4.69, 9.17) is 5.11 Å². The van der Waals surface area contributed by atoms with Gasteiger partial charge in [-0.15, -0.1) is 0 Å². The second-order valence-corrected chi connectivity index (χ2v) is 6.00. The first-order chi connectivity index (χ1) is 10.0. The zero-order valence-corrected chi connectivity index (χ0v) is 12.4. The molecule has 0 spiro atoms. The van der Waals surface area contributed by atoms with Gasteiger partial charge in [-0.25, -0.2) is 0 Å². The molecule has 0 radical (unpaired) electrons. The molecule has 1 aromatic rings. The van der Waals surface area contributed by atoms with Crippen molar-refractivity contribution in [2.75, 3.05) is 6.54 Å². The van der Waals surface area contributed by atoms with E-state index in [1.54, 1.807) is 18.3 Å². The van der Waals surface area contributed by atoms with Gasteiger partial charge in [0.2, 0.25) is 0 Å².